The molecule has 0 aromatic rings. The van der Waals surface area contributed by atoms with Gasteiger partial charge in [-0.3, -0.25) is 14.7 Å². The van der Waals surface area contributed by atoms with E-state index in [-0.39, 0.29) is 59.5 Å². The molecule has 0 bridgehead atoms. The molecule has 0 aliphatic heterocycles. The second-order valence-electron chi connectivity index (χ2n) is 12.1. The van der Waals surface area contributed by atoms with Crippen molar-refractivity contribution in [2.24, 2.45) is 5.41 Å². The first-order valence-electron chi connectivity index (χ1n) is 15.4. The average Bonchev–Trinajstić information content (AvgIpc) is 3.01. The van der Waals surface area contributed by atoms with Crippen LogP contribution in [0.1, 0.15) is 94.9 Å². The Morgan fingerprint density at radius 3 is 0.911 bits per heavy atom. The second-order valence-corrected chi connectivity index (χ2v) is 12.1. The number of carbonyl (C=O) groups is 3. The van der Waals surface area contributed by atoms with Crippen molar-refractivity contribution < 1.29 is 72.1 Å². The van der Waals surface area contributed by atoms with Crippen LogP contribution in [-0.2, 0) is 57.7 Å². The van der Waals surface area contributed by atoms with Gasteiger partial charge in [-0.25, -0.2) is 14.4 Å². The van der Waals surface area contributed by atoms with Crippen LogP contribution in [0.5, 0.6) is 0 Å². The molecule has 0 saturated heterocycles. The van der Waals surface area contributed by atoms with Gasteiger partial charge in [0.25, 0.3) is 0 Å². The van der Waals surface area contributed by atoms with Crippen LogP contribution in [0, 0.1) is 5.41 Å². The van der Waals surface area contributed by atoms with Gasteiger partial charge < -0.3 is 28.4 Å². The number of rotatable bonds is 25. The normalized spacial score (nSPS) is 12.4. The van der Waals surface area contributed by atoms with E-state index in [1.165, 1.54) is 0 Å². The molecule has 0 rings (SSSR count). The van der Waals surface area contributed by atoms with Crippen LogP contribution in [0.25, 0.3) is 0 Å². The van der Waals surface area contributed by atoms with E-state index in [9.17, 15) is 14.4 Å². The first-order valence-corrected chi connectivity index (χ1v) is 15.4. The Hall–Kier alpha value is -2.43. The van der Waals surface area contributed by atoms with Gasteiger partial charge in [0.05, 0.1) is 39.6 Å². The Balaban J connectivity index is 4.78. The average molecular weight is 657 g/mol. The minimum atomic E-state index is -0.974. The molecule has 15 heteroatoms. The van der Waals surface area contributed by atoms with E-state index in [0.717, 1.165) is 0 Å². The van der Waals surface area contributed by atoms with Crippen LogP contribution < -0.4 is 0 Å². The molecule has 0 amide bonds. The van der Waals surface area contributed by atoms with Gasteiger partial charge in [0.2, 0.25) is 0 Å². The Morgan fingerprint density at radius 2 is 0.689 bits per heavy atom. The Morgan fingerprint density at radius 1 is 0.422 bits per heavy atom. The lowest BCUT2D eigenvalue weighted by atomic mass is 9.88. The van der Waals surface area contributed by atoms with Crippen molar-refractivity contribution in [1.29, 1.82) is 0 Å². The quantitative estimate of drug-likeness (QED) is 0.0356. The van der Waals surface area contributed by atoms with E-state index in [1.807, 2.05) is 27.7 Å². The maximum absolute atomic E-state index is 11.8. The fraction of sp³-hybridized carbons (Fsp3) is 0.900. The molecule has 0 aliphatic rings. The molecule has 0 fully saturated rings. The van der Waals surface area contributed by atoms with Crippen molar-refractivity contribution in [3.8, 4) is 0 Å². The van der Waals surface area contributed by atoms with Crippen LogP contribution in [0.3, 0.4) is 0 Å². The fourth-order valence-corrected chi connectivity index (χ4v) is 2.54. The lowest BCUT2D eigenvalue weighted by molar-refractivity contribution is -0.318. The van der Waals surface area contributed by atoms with Crippen LogP contribution in [0.2, 0.25) is 0 Å². The number of carbonyl (C=O) groups excluding carboxylic acids is 3. The fourth-order valence-electron chi connectivity index (χ4n) is 2.54. The number of ether oxygens (including phenoxy) is 6. The summed E-state index contributed by atoms with van der Waals surface area (Å²) in [6.45, 7) is 18.8. The molecule has 0 spiro atoms. The molecule has 0 atom stereocenters. The molecule has 0 aromatic heterocycles. The summed E-state index contributed by atoms with van der Waals surface area (Å²) in [5, 5.41) is 0. The summed E-state index contributed by atoms with van der Waals surface area (Å²) in [4.78, 5) is 64.4. The lowest BCUT2D eigenvalue weighted by Crippen LogP contribution is -2.38. The lowest BCUT2D eigenvalue weighted by Gasteiger charge is -2.32. The van der Waals surface area contributed by atoms with E-state index in [2.05, 4.69) is 14.7 Å². The zero-order valence-electron chi connectivity index (χ0n) is 28.8. The molecule has 0 N–H and O–H groups in total. The topological polar surface area (TPSA) is 162 Å². The van der Waals surface area contributed by atoms with Gasteiger partial charge in [-0.2, -0.15) is 14.7 Å². The van der Waals surface area contributed by atoms with E-state index in [0.29, 0.717) is 25.7 Å². The molecular weight excluding hydrogens is 600 g/mol. The summed E-state index contributed by atoms with van der Waals surface area (Å²) in [6, 6.07) is 0. The molecular formula is C30H56O15. The Kier molecular flexibility index (Phi) is 21.0. The Labute approximate surface area is 267 Å². The summed E-state index contributed by atoms with van der Waals surface area (Å²) >= 11 is 0. The van der Waals surface area contributed by atoms with Crippen molar-refractivity contribution in [2.45, 2.75) is 112 Å². The molecule has 266 valence electrons. The van der Waals surface area contributed by atoms with E-state index >= 15 is 0 Å². The first-order chi connectivity index (χ1) is 21.0. The SMILES string of the molecule is CCC(COCCOC(=O)OOC(C)(C)CC)(COCCOC(=O)OOC(C)(C)CC)COCCOC(=O)OOC(C)(C)CC. The summed E-state index contributed by atoms with van der Waals surface area (Å²) in [6.07, 6.45) is -0.445. The number of hydrogen-bond acceptors (Lipinski definition) is 15. The third-order valence-electron chi connectivity index (χ3n) is 6.88. The van der Waals surface area contributed by atoms with Gasteiger partial charge in [-0.1, -0.05) is 27.7 Å². The highest BCUT2D eigenvalue weighted by molar-refractivity contribution is 5.59. The highest BCUT2D eigenvalue weighted by atomic mass is 17.2. The zero-order valence-corrected chi connectivity index (χ0v) is 28.8. The molecule has 45 heavy (non-hydrogen) atoms. The van der Waals surface area contributed by atoms with Gasteiger partial charge in [-0.05, 0) is 67.2 Å². The van der Waals surface area contributed by atoms with Crippen LogP contribution in [0.15, 0.2) is 0 Å². The van der Waals surface area contributed by atoms with Gasteiger partial charge in [-0.15, -0.1) is 0 Å². The molecule has 0 aliphatic carbocycles. The summed E-state index contributed by atoms with van der Waals surface area (Å²) in [5.41, 5.74) is -2.54. The van der Waals surface area contributed by atoms with Crippen molar-refractivity contribution >= 4 is 18.5 Å². The van der Waals surface area contributed by atoms with E-state index in [1.54, 1.807) is 41.5 Å². The van der Waals surface area contributed by atoms with Crippen molar-refractivity contribution in [2.75, 3.05) is 59.5 Å². The summed E-state index contributed by atoms with van der Waals surface area (Å²) < 4.78 is 32.3. The monoisotopic (exact) mass is 656 g/mol. The van der Waals surface area contributed by atoms with Gasteiger partial charge >= 0.3 is 18.5 Å². The highest BCUT2D eigenvalue weighted by Gasteiger charge is 2.30. The largest absolute Gasteiger partial charge is 0.540 e. The molecule has 0 heterocycles. The van der Waals surface area contributed by atoms with Crippen molar-refractivity contribution in [3.63, 3.8) is 0 Å². The van der Waals surface area contributed by atoms with Gasteiger partial charge in [0, 0.05) is 5.41 Å². The minimum Gasteiger partial charge on any atom is -0.430 e. The highest BCUT2D eigenvalue weighted by Crippen LogP contribution is 2.24. The third-order valence-corrected chi connectivity index (χ3v) is 6.88. The van der Waals surface area contributed by atoms with Crippen molar-refractivity contribution in [1.82, 2.24) is 0 Å². The molecule has 15 nitrogen and oxygen atoms in total. The van der Waals surface area contributed by atoms with Gasteiger partial charge in [0.15, 0.2) is 0 Å². The minimum absolute atomic E-state index is 0.0696. The van der Waals surface area contributed by atoms with E-state index in [4.69, 9.17) is 43.1 Å². The maximum Gasteiger partial charge on any atom is 0.540 e. The maximum atomic E-state index is 11.8. The smallest absolute Gasteiger partial charge is 0.430 e. The van der Waals surface area contributed by atoms with Crippen LogP contribution in [-0.4, -0.2) is 94.7 Å². The molecule has 0 aromatic carbocycles. The van der Waals surface area contributed by atoms with Crippen LogP contribution >= 0.6 is 0 Å². The van der Waals surface area contributed by atoms with E-state index < -0.39 is 40.7 Å². The predicted molar refractivity (Wildman–Crippen MR) is 159 cm³/mol. The third kappa shape index (κ3) is 21.9. The first kappa shape index (κ1) is 42.6. The standard InChI is InChI=1S/C30H56O15/c1-11-27(5,6)43-40-24(31)37-18-15-34-21-30(14-4,22-35-16-19-38-25(32)41-44-28(7,8)12-2)23-36-17-20-39-26(33)42-45-29(9,10)13-3/h11-23H2,1-10H3. The predicted octanol–water partition coefficient (Wildman–Crippen LogP) is 6.25. The van der Waals surface area contributed by atoms with Crippen molar-refractivity contribution in [3.05, 3.63) is 0 Å². The molecule has 0 saturated carbocycles. The van der Waals surface area contributed by atoms with Crippen LogP contribution in [0.4, 0.5) is 14.4 Å². The molecule has 0 radical (unpaired) electrons. The number of hydrogen-bond donors (Lipinski definition) is 0. The zero-order chi connectivity index (χ0) is 34.4. The summed E-state index contributed by atoms with van der Waals surface area (Å²) in [5.74, 6) is 0. The second kappa shape index (κ2) is 22.2. The summed E-state index contributed by atoms with van der Waals surface area (Å²) in [7, 11) is 0. The Bertz CT molecular complexity index is 726. The molecule has 0 unspecified atom stereocenters. The van der Waals surface area contributed by atoms with Gasteiger partial charge in [0.1, 0.15) is 36.6 Å².